The first-order chi connectivity index (χ1) is 56.7. The molecule has 0 aliphatic heterocycles. The Balaban J connectivity index is 0.000000138. The molecule has 0 aliphatic rings. The van der Waals surface area contributed by atoms with Gasteiger partial charge in [0, 0.05) is 82.6 Å². The van der Waals surface area contributed by atoms with Crippen molar-refractivity contribution in [3.63, 3.8) is 0 Å². The quantitative estimate of drug-likeness (QED) is 0.0291. The molecule has 31 heteroatoms. The topological polar surface area (TPSA) is 422 Å². The normalized spacial score (nSPS) is 12.1. The molecule has 16 aromatic rings. The maximum Gasteiger partial charge on any atom is 0.119 e. The van der Waals surface area contributed by atoms with Gasteiger partial charge in [0.2, 0.25) is 0 Å². The lowest BCUT2D eigenvalue weighted by Crippen LogP contribution is -2.08. The van der Waals surface area contributed by atoms with E-state index in [-0.39, 0.29) is 39.1 Å². The minimum atomic E-state index is -4.48. The van der Waals surface area contributed by atoms with Crippen molar-refractivity contribution >= 4 is 147 Å². The maximum absolute atomic E-state index is 11.2. The average Bonchev–Trinajstić information content (AvgIpc) is 0.771. The second kappa shape index (κ2) is 36.6. The second-order valence-corrected chi connectivity index (χ2v) is 36.3. The molecule has 16 rings (SSSR count). The number of aromatic nitrogens is 4. The van der Waals surface area contributed by atoms with Crippen LogP contribution in [-0.2, 0) is 78.0 Å². The van der Waals surface area contributed by atoms with Crippen LogP contribution >= 0.6 is 0 Å². The van der Waals surface area contributed by atoms with Gasteiger partial charge in [-0.3, -0.25) is 0 Å². The van der Waals surface area contributed by atoms with Crippen molar-refractivity contribution in [1.82, 2.24) is 19.9 Å². The zero-order valence-corrected chi connectivity index (χ0v) is 67.8. The van der Waals surface area contributed by atoms with Crippen LogP contribution in [0.3, 0.4) is 0 Å². The van der Waals surface area contributed by atoms with E-state index in [1.54, 1.807) is 60.7 Å². The van der Waals surface area contributed by atoms with Gasteiger partial charge in [0.25, 0.3) is 0 Å². The molecule has 119 heavy (non-hydrogen) atoms. The van der Waals surface area contributed by atoms with Gasteiger partial charge in [0.05, 0.1) is 143 Å². The Morgan fingerprint density at radius 2 is 0.479 bits per heavy atom. The van der Waals surface area contributed by atoms with E-state index in [0.29, 0.717) is 67.0 Å². The molecular formula is C88H70N4O21S6-6. The SMILES string of the molecule is O=S(=O)([O-])CCCOc1ccc(-c2nc3ccccc3c3cc(CS(=O)(=O)[O-])ccc23)cc1.O=S(=O)([O-])CCCOc1ccc(-c2nc3ccccc3c3ccccc23)cc1.O=S(=O)([O-])CCCOc1ccc2c(-c3ccccc3)nc3ccccc3c2c1.O=S(=O)([O-])Cc1ccc2nc(-c3ccccc3)c3ccc(CS(=O)(=O)[O-])cc3c2c1. The Labute approximate surface area is 686 Å². The molecule has 0 fully saturated rings. The molecule has 12 aromatic carbocycles. The third-order valence-electron chi connectivity index (χ3n) is 18.8. The van der Waals surface area contributed by atoms with Gasteiger partial charge in [-0.05, 0) is 167 Å². The summed E-state index contributed by atoms with van der Waals surface area (Å²) in [5.74, 6) is -1.47. The van der Waals surface area contributed by atoms with E-state index in [1.807, 2.05) is 194 Å². The van der Waals surface area contributed by atoms with Gasteiger partial charge in [0.1, 0.15) is 17.2 Å². The number of hydrogen-bond acceptors (Lipinski definition) is 25. The lowest BCUT2D eigenvalue weighted by atomic mass is 9.98. The lowest BCUT2D eigenvalue weighted by molar-refractivity contribution is 0.315. The molecule has 0 saturated carbocycles. The van der Waals surface area contributed by atoms with Gasteiger partial charge in [-0.15, -0.1) is 0 Å². The molecule has 25 nitrogen and oxygen atoms in total. The van der Waals surface area contributed by atoms with Crippen molar-refractivity contribution in [2.45, 2.75) is 36.5 Å². The van der Waals surface area contributed by atoms with E-state index < -0.39 is 95.2 Å². The molecule has 4 aromatic heterocycles. The van der Waals surface area contributed by atoms with Crippen molar-refractivity contribution < 1.29 is 92.0 Å². The standard InChI is InChI=1S/C23H21NO7S2.2C22H19NO4S.C21H17NO6S2/c25-32(26,27)13-3-12-31-18-9-7-17(8-10-18)23-20-11-6-16(15-33(28,29)30)14-21(20)19-4-1-2-5-22(19)24-23;24-28(25,26)15-5-14-27-17-12-10-16(11-13-17)22-20-8-2-1-6-18(20)19-7-3-4-9-21(19)23-22;24-28(25,26)14-6-13-27-17-11-12-19-20(15-17)18-9-4-5-10-21(18)23-22(19)16-7-2-1-3-8-16;23-29(24,25)12-14-6-8-17-18(10-14)19-11-15(13-30(26,27)28)7-9-20(19)22-21(17)16-4-2-1-3-5-16/h1-2,4-11,14H,3,12-13,15H2,(H,25,26,27)(H,28,29,30);1-4,6-13H,5,14-15H2,(H,24,25,26);1-5,7-12,15H,6,13-14H2,(H,24,25,26);1-11H,12-13H2,(H,23,24,25)(H,26,27,28)/p-6. The van der Waals surface area contributed by atoms with E-state index in [2.05, 4.69) is 18.2 Å². The summed E-state index contributed by atoms with van der Waals surface area (Å²) in [6.45, 7) is 0.447. The molecule has 0 radical (unpaired) electrons. The Morgan fingerprint density at radius 1 is 0.218 bits per heavy atom. The first-order valence-electron chi connectivity index (χ1n) is 36.8. The molecule has 0 N–H and O–H groups in total. The molecule has 0 amide bonds. The highest BCUT2D eigenvalue weighted by Gasteiger charge is 2.18. The van der Waals surface area contributed by atoms with Crippen molar-refractivity contribution in [3.05, 3.63) is 296 Å². The molecule has 0 spiro atoms. The third-order valence-corrected chi connectivity index (χ3v) is 23.2. The van der Waals surface area contributed by atoms with Gasteiger partial charge < -0.3 is 41.5 Å². The van der Waals surface area contributed by atoms with E-state index in [4.69, 9.17) is 34.1 Å². The number of ether oxygens (including phenoxy) is 3. The van der Waals surface area contributed by atoms with E-state index in [0.717, 1.165) is 98.7 Å². The van der Waals surface area contributed by atoms with E-state index >= 15 is 0 Å². The van der Waals surface area contributed by atoms with Crippen molar-refractivity contribution in [2.24, 2.45) is 0 Å². The number of hydrogen-bond donors (Lipinski definition) is 0. The monoisotopic (exact) mass is 1710 g/mol. The van der Waals surface area contributed by atoms with Crippen LogP contribution in [0.4, 0.5) is 0 Å². The van der Waals surface area contributed by atoms with Crippen molar-refractivity contribution in [1.29, 1.82) is 0 Å². The molecule has 0 unspecified atom stereocenters. The summed E-state index contributed by atoms with van der Waals surface area (Å²) < 4.78 is 214. The predicted octanol–water partition coefficient (Wildman–Crippen LogP) is 15.3. The summed E-state index contributed by atoms with van der Waals surface area (Å²) in [5.41, 5.74) is 10.9. The van der Waals surface area contributed by atoms with Crippen molar-refractivity contribution in [3.8, 4) is 62.3 Å². The van der Waals surface area contributed by atoms with Gasteiger partial charge in [-0.25, -0.2) is 70.4 Å². The number of fused-ring (bicyclic) bond motifs is 12. The van der Waals surface area contributed by atoms with Crippen LogP contribution in [0.1, 0.15) is 36.0 Å². The summed E-state index contributed by atoms with van der Waals surface area (Å²) in [6.07, 6.45) is 0.437. The van der Waals surface area contributed by atoms with Gasteiger partial charge >= 0.3 is 0 Å². The molecule has 0 saturated heterocycles. The van der Waals surface area contributed by atoms with Crippen molar-refractivity contribution in [2.75, 3.05) is 37.1 Å². The van der Waals surface area contributed by atoms with E-state index in [9.17, 15) is 77.8 Å². The molecule has 4 heterocycles. The number of para-hydroxylation sites is 3. The maximum atomic E-state index is 11.2. The van der Waals surface area contributed by atoms with Gasteiger partial charge in [-0.2, -0.15) is 0 Å². The molecule has 0 atom stereocenters. The first kappa shape index (κ1) is 85.1. The molecule has 610 valence electrons. The highest BCUT2D eigenvalue weighted by molar-refractivity contribution is 7.86. The number of rotatable bonds is 25. The summed E-state index contributed by atoms with van der Waals surface area (Å²) in [6, 6.07) is 86.1. The highest BCUT2D eigenvalue weighted by atomic mass is 32.2. The van der Waals surface area contributed by atoms with Crippen LogP contribution in [0, 0.1) is 0 Å². The molecule has 0 bridgehead atoms. The molecule has 0 aliphatic carbocycles. The number of pyridine rings is 4. The second-order valence-electron chi connectivity index (χ2n) is 27.5. The minimum absolute atomic E-state index is 0.101. The zero-order valence-electron chi connectivity index (χ0n) is 62.9. The first-order valence-corrected chi connectivity index (χ1v) is 46.2. The Hall–Kier alpha value is -11.8. The Kier molecular flexibility index (Phi) is 26.2. The third kappa shape index (κ3) is 23.1. The summed E-state index contributed by atoms with van der Waals surface area (Å²) in [5, 5.41) is 10.7. The fraction of sp³-hybridized carbons (Fsp3) is 0.136. The van der Waals surface area contributed by atoms with Gasteiger partial charge in [0.15, 0.2) is 0 Å². The van der Waals surface area contributed by atoms with E-state index in [1.165, 1.54) is 6.07 Å². The molecular weight excluding hydrogens is 1640 g/mol. The van der Waals surface area contributed by atoms with Crippen LogP contribution in [0.2, 0.25) is 0 Å². The fourth-order valence-corrected chi connectivity index (χ4v) is 16.9. The zero-order chi connectivity index (χ0) is 84.3. The summed E-state index contributed by atoms with van der Waals surface area (Å²) in [4.78, 5) is 19.2. The van der Waals surface area contributed by atoms with Crippen LogP contribution < -0.4 is 14.2 Å². The summed E-state index contributed by atoms with van der Waals surface area (Å²) >= 11 is 0. The van der Waals surface area contributed by atoms with Crippen LogP contribution in [0.15, 0.2) is 279 Å². The largest absolute Gasteiger partial charge is 0.748 e. The van der Waals surface area contributed by atoms with Gasteiger partial charge in [-0.1, -0.05) is 170 Å². The Morgan fingerprint density at radius 3 is 0.849 bits per heavy atom. The minimum Gasteiger partial charge on any atom is -0.748 e. The van der Waals surface area contributed by atoms with Crippen LogP contribution in [-0.4, -0.2) is 135 Å². The predicted molar refractivity (Wildman–Crippen MR) is 453 cm³/mol. The smallest absolute Gasteiger partial charge is 0.119 e. The fourth-order valence-electron chi connectivity index (χ4n) is 13.7. The average molecular weight is 1710 g/mol. The number of benzene rings is 12. The Bertz CT molecular complexity index is 7210. The lowest BCUT2D eigenvalue weighted by Gasteiger charge is -2.14. The summed E-state index contributed by atoms with van der Waals surface area (Å²) in [7, 11) is -26.0. The van der Waals surface area contributed by atoms with Crippen LogP contribution in [0.5, 0.6) is 17.2 Å². The highest BCUT2D eigenvalue weighted by Crippen LogP contribution is 2.39. The number of nitrogens with zero attached hydrogens (tertiary/aromatic N) is 4. The van der Waals surface area contributed by atoms with Crippen LogP contribution in [0.25, 0.3) is 132 Å².